The first-order valence-corrected chi connectivity index (χ1v) is 5.40. The third kappa shape index (κ3) is 1.89. The van der Waals surface area contributed by atoms with Crippen LogP contribution in [-0.2, 0) is 0 Å². The zero-order chi connectivity index (χ0) is 11.5. The van der Waals surface area contributed by atoms with Crippen LogP contribution < -0.4 is 0 Å². The lowest BCUT2D eigenvalue weighted by molar-refractivity contribution is 1.36. The van der Waals surface area contributed by atoms with E-state index in [9.17, 15) is 0 Å². The molecule has 16 heavy (non-hydrogen) atoms. The van der Waals surface area contributed by atoms with Crippen molar-refractivity contribution in [2.24, 2.45) is 0 Å². The van der Waals surface area contributed by atoms with Gasteiger partial charge in [-0.05, 0) is 25.0 Å². The van der Waals surface area contributed by atoms with Crippen LogP contribution in [0.3, 0.4) is 0 Å². The smallest absolute Gasteiger partial charge is 0.0689 e. The minimum Gasteiger partial charge on any atom is -0.300 e. The van der Waals surface area contributed by atoms with E-state index in [1.54, 1.807) is 0 Å². The Morgan fingerprint density at radius 2 is 1.12 bits per heavy atom. The van der Waals surface area contributed by atoms with Crippen LogP contribution in [0.15, 0.2) is 48.5 Å². The fourth-order valence-electron chi connectivity index (χ4n) is 1.85. The molecular weight excluding hydrogens is 194 g/mol. The largest absolute Gasteiger partial charge is 0.300 e. The van der Waals surface area contributed by atoms with Crippen LogP contribution in [0.1, 0.15) is 22.3 Å². The molecule has 0 amide bonds. The van der Waals surface area contributed by atoms with Crippen LogP contribution in [0.5, 0.6) is 0 Å². The summed E-state index contributed by atoms with van der Waals surface area (Å²) in [6.45, 7) is 4.09. The third-order valence-electron chi connectivity index (χ3n) is 2.83. The molecule has 1 heteroatoms. The highest BCUT2D eigenvalue weighted by Gasteiger charge is 2.08. The number of nitrogens with one attached hydrogen (secondary N) is 1. The van der Waals surface area contributed by atoms with Gasteiger partial charge < -0.3 is 0 Å². The van der Waals surface area contributed by atoms with E-state index < -0.39 is 0 Å². The Hall–Kier alpha value is -1.89. The fourth-order valence-corrected chi connectivity index (χ4v) is 1.85. The maximum atomic E-state index is 8.25. The fraction of sp³-hybridized carbons (Fsp3) is 0.133. The summed E-state index contributed by atoms with van der Waals surface area (Å²) in [4.78, 5) is 0. The third-order valence-corrected chi connectivity index (χ3v) is 2.83. The number of rotatable bonds is 2. The molecule has 0 radical (unpaired) electrons. The zero-order valence-electron chi connectivity index (χ0n) is 9.62. The Morgan fingerprint density at radius 3 is 1.50 bits per heavy atom. The van der Waals surface area contributed by atoms with Crippen molar-refractivity contribution in [1.82, 2.24) is 0 Å². The molecule has 0 aliphatic rings. The molecule has 0 unspecified atom stereocenters. The second-order valence-electron chi connectivity index (χ2n) is 4.00. The SMILES string of the molecule is Cc1ccccc1C(=N)c1ccccc1C. The van der Waals surface area contributed by atoms with E-state index in [1.807, 2.05) is 62.4 Å². The first-order chi connectivity index (χ1) is 7.70. The molecule has 1 N–H and O–H groups in total. The number of benzene rings is 2. The van der Waals surface area contributed by atoms with Crippen LogP contribution in [0.25, 0.3) is 0 Å². The molecule has 2 aromatic rings. The lowest BCUT2D eigenvalue weighted by atomic mass is 9.95. The van der Waals surface area contributed by atoms with Gasteiger partial charge in [-0.15, -0.1) is 0 Å². The quantitative estimate of drug-likeness (QED) is 0.729. The molecule has 1 nitrogen and oxygen atoms in total. The molecule has 0 saturated carbocycles. The van der Waals surface area contributed by atoms with Crippen LogP contribution in [0, 0.1) is 19.3 Å². The lowest BCUT2D eigenvalue weighted by Gasteiger charge is -2.09. The van der Waals surface area contributed by atoms with E-state index >= 15 is 0 Å². The highest BCUT2D eigenvalue weighted by Crippen LogP contribution is 2.16. The van der Waals surface area contributed by atoms with Crippen molar-refractivity contribution in [1.29, 1.82) is 5.41 Å². The van der Waals surface area contributed by atoms with Gasteiger partial charge in [-0.1, -0.05) is 48.5 Å². The summed E-state index contributed by atoms with van der Waals surface area (Å²) < 4.78 is 0. The molecule has 0 fully saturated rings. The van der Waals surface area contributed by atoms with Gasteiger partial charge in [0.1, 0.15) is 0 Å². The minimum atomic E-state index is 0.608. The second kappa shape index (κ2) is 4.31. The van der Waals surface area contributed by atoms with E-state index in [-0.39, 0.29) is 0 Å². The van der Waals surface area contributed by atoms with Crippen molar-refractivity contribution in [2.45, 2.75) is 13.8 Å². The minimum absolute atomic E-state index is 0.608. The summed E-state index contributed by atoms with van der Waals surface area (Å²) in [6, 6.07) is 16.1. The summed E-state index contributed by atoms with van der Waals surface area (Å²) in [6.07, 6.45) is 0. The monoisotopic (exact) mass is 209 g/mol. The highest BCUT2D eigenvalue weighted by molar-refractivity contribution is 6.12. The van der Waals surface area contributed by atoms with Gasteiger partial charge in [-0.2, -0.15) is 0 Å². The lowest BCUT2D eigenvalue weighted by Crippen LogP contribution is -2.05. The number of aryl methyl sites for hydroxylation is 2. The van der Waals surface area contributed by atoms with Crippen LogP contribution in [0.2, 0.25) is 0 Å². The van der Waals surface area contributed by atoms with E-state index in [2.05, 4.69) is 0 Å². The van der Waals surface area contributed by atoms with Gasteiger partial charge >= 0.3 is 0 Å². The molecule has 0 bridgehead atoms. The Balaban J connectivity index is 2.48. The van der Waals surface area contributed by atoms with E-state index in [1.165, 1.54) is 0 Å². The van der Waals surface area contributed by atoms with Crippen molar-refractivity contribution >= 4 is 5.71 Å². The maximum Gasteiger partial charge on any atom is 0.0689 e. The van der Waals surface area contributed by atoms with Gasteiger partial charge in [0.05, 0.1) is 5.71 Å². The Kier molecular flexibility index (Phi) is 2.86. The highest BCUT2D eigenvalue weighted by atomic mass is 14.4. The summed E-state index contributed by atoms with van der Waals surface area (Å²) in [5.41, 5.74) is 4.93. The summed E-state index contributed by atoms with van der Waals surface area (Å²) in [5, 5.41) is 8.25. The number of hydrogen-bond acceptors (Lipinski definition) is 1. The summed E-state index contributed by atoms with van der Waals surface area (Å²) in [5.74, 6) is 0. The predicted molar refractivity (Wildman–Crippen MR) is 68.3 cm³/mol. The Bertz CT molecular complexity index is 479. The predicted octanol–water partition coefficient (Wildman–Crippen LogP) is 3.72. The molecule has 0 heterocycles. The van der Waals surface area contributed by atoms with Gasteiger partial charge in [0.15, 0.2) is 0 Å². The Morgan fingerprint density at radius 1 is 0.750 bits per heavy atom. The standard InChI is InChI=1S/C15H15N/c1-11-7-3-5-9-13(11)15(16)14-10-6-4-8-12(14)2/h3-10,16H,1-2H3. The van der Waals surface area contributed by atoms with Gasteiger partial charge in [0, 0.05) is 11.1 Å². The molecule has 0 aliphatic carbocycles. The molecule has 0 atom stereocenters. The van der Waals surface area contributed by atoms with Gasteiger partial charge in [-0.3, -0.25) is 5.41 Å². The van der Waals surface area contributed by atoms with Crippen molar-refractivity contribution in [3.63, 3.8) is 0 Å². The number of hydrogen-bond donors (Lipinski definition) is 1. The molecule has 0 spiro atoms. The van der Waals surface area contributed by atoms with Crippen molar-refractivity contribution in [3.05, 3.63) is 70.8 Å². The first kappa shape index (κ1) is 10.6. The normalized spacial score (nSPS) is 10.1. The molecular formula is C15H15N. The van der Waals surface area contributed by atoms with Crippen molar-refractivity contribution < 1.29 is 0 Å². The summed E-state index contributed by atoms with van der Waals surface area (Å²) in [7, 11) is 0. The molecule has 0 saturated heterocycles. The molecule has 2 rings (SSSR count). The van der Waals surface area contributed by atoms with Crippen molar-refractivity contribution in [3.8, 4) is 0 Å². The molecule has 2 aromatic carbocycles. The van der Waals surface area contributed by atoms with E-state index in [4.69, 9.17) is 5.41 Å². The zero-order valence-corrected chi connectivity index (χ0v) is 9.62. The summed E-state index contributed by atoms with van der Waals surface area (Å²) >= 11 is 0. The Labute approximate surface area is 96.3 Å². The van der Waals surface area contributed by atoms with Gasteiger partial charge in [0.2, 0.25) is 0 Å². The van der Waals surface area contributed by atoms with Gasteiger partial charge in [0.25, 0.3) is 0 Å². The van der Waals surface area contributed by atoms with Crippen molar-refractivity contribution in [2.75, 3.05) is 0 Å². The molecule has 0 aromatic heterocycles. The van der Waals surface area contributed by atoms with E-state index in [0.717, 1.165) is 22.3 Å². The molecule has 80 valence electrons. The topological polar surface area (TPSA) is 23.9 Å². The maximum absolute atomic E-state index is 8.25. The van der Waals surface area contributed by atoms with E-state index in [0.29, 0.717) is 5.71 Å². The second-order valence-corrected chi connectivity index (χ2v) is 4.00. The molecule has 0 aliphatic heterocycles. The average Bonchev–Trinajstić information content (AvgIpc) is 2.29. The van der Waals surface area contributed by atoms with Gasteiger partial charge in [-0.25, -0.2) is 0 Å². The van der Waals surface area contributed by atoms with Crippen LogP contribution in [-0.4, -0.2) is 5.71 Å². The average molecular weight is 209 g/mol. The van der Waals surface area contributed by atoms with Crippen LogP contribution in [0.4, 0.5) is 0 Å². The van der Waals surface area contributed by atoms with Crippen LogP contribution >= 0.6 is 0 Å². The first-order valence-electron chi connectivity index (χ1n) is 5.40.